The van der Waals surface area contributed by atoms with Gasteiger partial charge in [-0.1, -0.05) is 30.3 Å². The van der Waals surface area contributed by atoms with Crippen molar-refractivity contribution in [1.29, 1.82) is 0 Å². The molecule has 0 N–H and O–H groups in total. The highest BCUT2D eigenvalue weighted by Crippen LogP contribution is 2.27. The van der Waals surface area contributed by atoms with Gasteiger partial charge in [0.25, 0.3) is 5.91 Å². The number of hydrogen-bond donors (Lipinski definition) is 0. The van der Waals surface area contributed by atoms with Crippen molar-refractivity contribution >= 4 is 29.0 Å². The standard InChI is InChI=1S/C21H17N5O2S/c27-21(25-10-8-19-16(14-25)9-12-29-19)18(13-17-7-4-11-28-17)26-20(22-23-24-26)15-5-2-1-3-6-15/h1-7,9,11-13H,8,10,14H2/b18-13+. The zero-order chi connectivity index (χ0) is 19.6. The molecule has 4 aromatic rings. The average Bonchev–Trinajstić information content (AvgIpc) is 3.53. The van der Waals surface area contributed by atoms with Crippen LogP contribution in [0.4, 0.5) is 0 Å². The Balaban J connectivity index is 1.56. The van der Waals surface area contributed by atoms with Crippen LogP contribution in [0, 0.1) is 0 Å². The molecule has 1 aliphatic heterocycles. The van der Waals surface area contributed by atoms with E-state index in [-0.39, 0.29) is 5.91 Å². The zero-order valence-corrected chi connectivity index (χ0v) is 16.2. The Morgan fingerprint density at radius 2 is 2.03 bits per heavy atom. The van der Waals surface area contributed by atoms with Crippen molar-refractivity contribution in [3.05, 3.63) is 76.4 Å². The van der Waals surface area contributed by atoms with Crippen molar-refractivity contribution in [3.63, 3.8) is 0 Å². The lowest BCUT2D eigenvalue weighted by Gasteiger charge is -2.27. The van der Waals surface area contributed by atoms with Crippen LogP contribution in [-0.4, -0.2) is 37.6 Å². The molecule has 0 fully saturated rings. The number of fused-ring (bicyclic) bond motifs is 1. The van der Waals surface area contributed by atoms with E-state index < -0.39 is 0 Å². The molecule has 1 aliphatic rings. The number of rotatable bonds is 4. The van der Waals surface area contributed by atoms with E-state index >= 15 is 0 Å². The third-order valence-corrected chi connectivity index (χ3v) is 5.89. The van der Waals surface area contributed by atoms with Crippen LogP contribution < -0.4 is 0 Å². The zero-order valence-electron chi connectivity index (χ0n) is 15.4. The van der Waals surface area contributed by atoms with Crippen LogP contribution in [0.25, 0.3) is 23.2 Å². The molecule has 29 heavy (non-hydrogen) atoms. The summed E-state index contributed by atoms with van der Waals surface area (Å²) in [6.45, 7) is 1.24. The minimum atomic E-state index is -0.136. The van der Waals surface area contributed by atoms with Gasteiger partial charge in [0.1, 0.15) is 11.5 Å². The van der Waals surface area contributed by atoms with Crippen molar-refractivity contribution in [3.8, 4) is 11.4 Å². The van der Waals surface area contributed by atoms with Crippen molar-refractivity contribution in [2.24, 2.45) is 0 Å². The van der Waals surface area contributed by atoms with E-state index in [1.807, 2.05) is 35.2 Å². The summed E-state index contributed by atoms with van der Waals surface area (Å²) < 4.78 is 6.95. The molecule has 7 nitrogen and oxygen atoms in total. The van der Waals surface area contributed by atoms with Gasteiger partial charge in [0, 0.05) is 29.6 Å². The molecule has 1 aromatic carbocycles. The van der Waals surface area contributed by atoms with Crippen LogP contribution in [0.5, 0.6) is 0 Å². The third-order valence-electron chi connectivity index (χ3n) is 4.87. The summed E-state index contributed by atoms with van der Waals surface area (Å²) in [6.07, 6.45) is 4.12. The molecule has 0 unspecified atom stereocenters. The number of furan rings is 1. The second-order valence-corrected chi connectivity index (χ2v) is 7.67. The summed E-state index contributed by atoms with van der Waals surface area (Å²) in [4.78, 5) is 16.7. The molecule has 0 spiro atoms. The molecule has 8 heteroatoms. The number of thiophene rings is 1. The summed E-state index contributed by atoms with van der Waals surface area (Å²) in [7, 11) is 0. The number of carbonyl (C=O) groups excluding carboxylic acids is 1. The Morgan fingerprint density at radius 1 is 1.14 bits per heavy atom. The molecule has 0 radical (unpaired) electrons. The lowest BCUT2D eigenvalue weighted by molar-refractivity contribution is -0.126. The average molecular weight is 403 g/mol. The summed E-state index contributed by atoms with van der Waals surface area (Å²) in [5.74, 6) is 0.934. The van der Waals surface area contributed by atoms with E-state index in [2.05, 4.69) is 27.0 Å². The van der Waals surface area contributed by atoms with Gasteiger partial charge < -0.3 is 9.32 Å². The molecular formula is C21H17N5O2S. The molecule has 0 aliphatic carbocycles. The molecule has 0 saturated carbocycles. The van der Waals surface area contributed by atoms with E-state index in [1.54, 1.807) is 35.8 Å². The maximum atomic E-state index is 13.5. The fraction of sp³-hybridized carbons (Fsp3) is 0.143. The first kappa shape index (κ1) is 17.6. The van der Waals surface area contributed by atoms with Gasteiger partial charge in [0.15, 0.2) is 5.82 Å². The van der Waals surface area contributed by atoms with Crippen LogP contribution in [0.1, 0.15) is 16.2 Å². The monoisotopic (exact) mass is 403 g/mol. The summed E-state index contributed by atoms with van der Waals surface area (Å²) in [6, 6.07) is 15.2. The highest BCUT2D eigenvalue weighted by molar-refractivity contribution is 7.10. The Bertz CT molecular complexity index is 1160. The van der Waals surface area contributed by atoms with E-state index in [9.17, 15) is 4.79 Å². The first-order valence-electron chi connectivity index (χ1n) is 9.23. The SMILES string of the molecule is O=C(/C(=C\c1ccco1)n1nnnc1-c1ccccc1)N1CCc2sccc2C1. The minimum Gasteiger partial charge on any atom is -0.465 e. The first-order chi connectivity index (χ1) is 14.3. The van der Waals surface area contributed by atoms with Gasteiger partial charge in [-0.2, -0.15) is 4.68 Å². The highest BCUT2D eigenvalue weighted by atomic mass is 32.1. The number of aromatic nitrogens is 4. The lowest BCUT2D eigenvalue weighted by Crippen LogP contribution is -2.37. The summed E-state index contributed by atoms with van der Waals surface area (Å²) in [5, 5.41) is 14.2. The van der Waals surface area contributed by atoms with E-state index in [0.29, 0.717) is 30.4 Å². The number of benzene rings is 1. The molecule has 1 amide bonds. The number of tetrazole rings is 1. The molecule has 0 bridgehead atoms. The Hall–Kier alpha value is -3.52. The maximum absolute atomic E-state index is 13.5. The highest BCUT2D eigenvalue weighted by Gasteiger charge is 2.27. The topological polar surface area (TPSA) is 77.0 Å². The van der Waals surface area contributed by atoms with Gasteiger partial charge in [-0.25, -0.2) is 0 Å². The summed E-state index contributed by atoms with van der Waals surface area (Å²) >= 11 is 1.74. The van der Waals surface area contributed by atoms with Gasteiger partial charge in [-0.15, -0.1) is 16.4 Å². The second kappa shape index (κ2) is 7.48. The second-order valence-electron chi connectivity index (χ2n) is 6.67. The lowest BCUT2D eigenvalue weighted by atomic mass is 10.1. The smallest absolute Gasteiger partial charge is 0.273 e. The van der Waals surface area contributed by atoms with E-state index in [1.165, 1.54) is 15.1 Å². The molecule has 0 atom stereocenters. The van der Waals surface area contributed by atoms with E-state index in [0.717, 1.165) is 12.0 Å². The summed E-state index contributed by atoms with van der Waals surface area (Å²) in [5.41, 5.74) is 2.38. The van der Waals surface area contributed by atoms with Crippen molar-refractivity contribution in [2.75, 3.05) is 6.54 Å². The fourth-order valence-electron chi connectivity index (χ4n) is 3.42. The first-order valence-corrected chi connectivity index (χ1v) is 10.1. The number of hydrogen-bond acceptors (Lipinski definition) is 6. The van der Waals surface area contributed by atoms with Crippen LogP contribution in [-0.2, 0) is 17.8 Å². The van der Waals surface area contributed by atoms with Crippen LogP contribution >= 0.6 is 11.3 Å². The Labute approximate surface area is 170 Å². The van der Waals surface area contributed by atoms with Crippen LogP contribution in [0.15, 0.2) is 64.6 Å². The van der Waals surface area contributed by atoms with Crippen LogP contribution in [0.2, 0.25) is 0 Å². The molecule has 5 rings (SSSR count). The third kappa shape index (κ3) is 3.38. The van der Waals surface area contributed by atoms with E-state index in [4.69, 9.17) is 4.42 Å². The number of nitrogens with zero attached hydrogens (tertiary/aromatic N) is 5. The Morgan fingerprint density at radius 3 is 2.86 bits per heavy atom. The van der Waals surface area contributed by atoms with Gasteiger partial charge in [0.2, 0.25) is 0 Å². The fourth-order valence-corrected chi connectivity index (χ4v) is 4.31. The van der Waals surface area contributed by atoms with Crippen molar-refractivity contribution in [1.82, 2.24) is 25.1 Å². The number of amides is 1. The van der Waals surface area contributed by atoms with Gasteiger partial charge in [0.05, 0.1) is 6.26 Å². The van der Waals surface area contributed by atoms with Gasteiger partial charge >= 0.3 is 0 Å². The number of carbonyl (C=O) groups is 1. The largest absolute Gasteiger partial charge is 0.465 e. The van der Waals surface area contributed by atoms with Crippen molar-refractivity contribution in [2.45, 2.75) is 13.0 Å². The van der Waals surface area contributed by atoms with Crippen molar-refractivity contribution < 1.29 is 9.21 Å². The predicted octanol–water partition coefficient (Wildman–Crippen LogP) is 3.58. The van der Waals surface area contributed by atoms with Crippen LogP contribution in [0.3, 0.4) is 0 Å². The minimum absolute atomic E-state index is 0.136. The normalized spacial score (nSPS) is 14.1. The molecule has 4 heterocycles. The maximum Gasteiger partial charge on any atom is 0.273 e. The Kier molecular flexibility index (Phi) is 4.53. The molecule has 3 aromatic heterocycles. The molecule has 0 saturated heterocycles. The van der Waals surface area contributed by atoms with Gasteiger partial charge in [-0.3, -0.25) is 4.79 Å². The molecular weight excluding hydrogens is 386 g/mol. The van der Waals surface area contributed by atoms with Gasteiger partial charge in [-0.05, 0) is 46.0 Å². The predicted molar refractivity (Wildman–Crippen MR) is 110 cm³/mol. The quantitative estimate of drug-likeness (QED) is 0.487. The molecule has 144 valence electrons.